The fraction of sp³-hybridized carbons (Fsp3) is 1.00. The average Bonchev–Trinajstić information content (AvgIpc) is 2.58. The lowest BCUT2D eigenvalue weighted by molar-refractivity contribution is -0.194. The molecule has 0 unspecified atom stereocenters. The monoisotopic (exact) mass is 173 g/mol. The van der Waals surface area contributed by atoms with E-state index >= 15 is 0 Å². The summed E-state index contributed by atoms with van der Waals surface area (Å²) in [6, 6.07) is 0.0370. The lowest BCUT2D eigenvalue weighted by Gasteiger charge is -2.29. The topological polar surface area (TPSA) is 41.9 Å². The molecule has 0 saturated carbocycles. The maximum atomic E-state index is 9.83. The molecule has 0 radical (unpaired) electrons. The van der Waals surface area contributed by atoms with Gasteiger partial charge in [-0.3, -0.25) is 0 Å². The number of aliphatic hydroxyl groups excluding tert-OH is 1. The number of hydroxylamine groups is 2. The van der Waals surface area contributed by atoms with Crippen molar-refractivity contribution in [3.63, 3.8) is 0 Å². The molecule has 2 aliphatic rings. The zero-order chi connectivity index (χ0) is 8.77. The Labute approximate surface area is 72.0 Å². The fourth-order valence-electron chi connectivity index (χ4n) is 2.16. The maximum absolute atomic E-state index is 9.83. The number of ether oxygens (including phenoxy) is 1. The highest BCUT2D eigenvalue weighted by molar-refractivity contribution is 5.07. The van der Waals surface area contributed by atoms with Gasteiger partial charge < -0.3 is 14.7 Å². The summed E-state index contributed by atoms with van der Waals surface area (Å²) in [5.74, 6) is 0. The van der Waals surface area contributed by atoms with Crippen LogP contribution in [0.2, 0.25) is 0 Å². The Morgan fingerprint density at radius 2 is 2.50 bits per heavy atom. The van der Waals surface area contributed by atoms with Gasteiger partial charge in [0.2, 0.25) is 0 Å². The second kappa shape index (κ2) is 2.67. The SMILES string of the molecule is CC[C@]12CN(OC)[C@H](CO1)[C@H]2O. The smallest absolute Gasteiger partial charge is 0.110 e. The summed E-state index contributed by atoms with van der Waals surface area (Å²) >= 11 is 0. The van der Waals surface area contributed by atoms with Gasteiger partial charge >= 0.3 is 0 Å². The number of fused-ring (bicyclic) bond motifs is 2. The maximum Gasteiger partial charge on any atom is 0.110 e. The summed E-state index contributed by atoms with van der Waals surface area (Å²) in [6.07, 6.45) is 0.451. The minimum Gasteiger partial charge on any atom is -0.388 e. The summed E-state index contributed by atoms with van der Waals surface area (Å²) in [4.78, 5) is 5.14. The van der Waals surface area contributed by atoms with Crippen LogP contribution in [0.1, 0.15) is 13.3 Å². The quantitative estimate of drug-likeness (QED) is 0.626. The molecule has 1 N–H and O–H groups in total. The van der Waals surface area contributed by atoms with E-state index in [9.17, 15) is 5.11 Å². The van der Waals surface area contributed by atoms with Crippen molar-refractivity contribution in [3.05, 3.63) is 0 Å². The van der Waals surface area contributed by atoms with Crippen LogP contribution in [0.5, 0.6) is 0 Å². The van der Waals surface area contributed by atoms with Crippen LogP contribution in [0.15, 0.2) is 0 Å². The van der Waals surface area contributed by atoms with E-state index in [1.165, 1.54) is 0 Å². The molecule has 4 nitrogen and oxygen atoms in total. The third-order valence-electron chi connectivity index (χ3n) is 3.07. The van der Waals surface area contributed by atoms with Crippen LogP contribution < -0.4 is 0 Å². The first-order valence-electron chi connectivity index (χ1n) is 4.36. The van der Waals surface area contributed by atoms with E-state index in [0.717, 1.165) is 6.42 Å². The fourth-order valence-corrected chi connectivity index (χ4v) is 2.16. The van der Waals surface area contributed by atoms with E-state index in [4.69, 9.17) is 9.57 Å². The number of nitrogens with zero attached hydrogens (tertiary/aromatic N) is 1. The second-order valence-corrected chi connectivity index (χ2v) is 3.50. The van der Waals surface area contributed by atoms with E-state index in [1.54, 1.807) is 7.11 Å². The number of morpholine rings is 1. The van der Waals surface area contributed by atoms with Crippen LogP contribution in [-0.4, -0.2) is 48.2 Å². The highest BCUT2D eigenvalue weighted by atomic mass is 16.7. The number of aliphatic hydroxyl groups is 1. The van der Waals surface area contributed by atoms with Crippen molar-refractivity contribution in [3.8, 4) is 0 Å². The van der Waals surface area contributed by atoms with Crippen molar-refractivity contribution in [1.82, 2.24) is 5.06 Å². The van der Waals surface area contributed by atoms with E-state index < -0.39 is 0 Å². The lowest BCUT2D eigenvalue weighted by atomic mass is 9.97. The molecule has 0 aromatic carbocycles. The Kier molecular flexibility index (Phi) is 1.88. The molecule has 0 amide bonds. The summed E-state index contributed by atoms with van der Waals surface area (Å²) < 4.78 is 5.56. The zero-order valence-electron chi connectivity index (χ0n) is 7.49. The highest BCUT2D eigenvalue weighted by Gasteiger charge is 2.58. The first-order chi connectivity index (χ1) is 5.73. The van der Waals surface area contributed by atoms with Crippen molar-refractivity contribution in [1.29, 1.82) is 0 Å². The Morgan fingerprint density at radius 3 is 2.92 bits per heavy atom. The molecule has 2 rings (SSSR count). The van der Waals surface area contributed by atoms with Crippen LogP contribution in [-0.2, 0) is 9.57 Å². The van der Waals surface area contributed by atoms with Crippen LogP contribution in [0, 0.1) is 0 Å². The number of hydrogen-bond acceptors (Lipinski definition) is 4. The van der Waals surface area contributed by atoms with E-state index in [1.807, 2.05) is 12.0 Å². The molecular formula is C8H15NO3. The molecule has 0 aromatic rings. The minimum atomic E-state index is -0.387. The molecule has 3 atom stereocenters. The first-order valence-corrected chi connectivity index (χ1v) is 4.36. The molecule has 0 aromatic heterocycles. The molecule has 0 spiro atoms. The molecule has 2 fully saturated rings. The third-order valence-corrected chi connectivity index (χ3v) is 3.07. The summed E-state index contributed by atoms with van der Waals surface area (Å²) in [7, 11) is 1.64. The first kappa shape index (κ1) is 8.44. The van der Waals surface area contributed by atoms with Crippen molar-refractivity contribution in [2.75, 3.05) is 20.3 Å². The third kappa shape index (κ3) is 0.864. The van der Waals surface area contributed by atoms with Crippen LogP contribution in [0.25, 0.3) is 0 Å². The van der Waals surface area contributed by atoms with Crippen LogP contribution in [0.3, 0.4) is 0 Å². The average molecular weight is 173 g/mol. The molecule has 0 aliphatic carbocycles. The standard InChI is InChI=1S/C8H15NO3/c1-3-8-5-9(11-2)6(4-12-8)7(8)10/h6-7,10H,3-5H2,1-2H3/t6-,7-,8-/m1/s1. The van der Waals surface area contributed by atoms with Gasteiger partial charge in [-0.25, -0.2) is 0 Å². The largest absolute Gasteiger partial charge is 0.388 e. The van der Waals surface area contributed by atoms with Gasteiger partial charge in [0.05, 0.1) is 26.3 Å². The van der Waals surface area contributed by atoms with Gasteiger partial charge in [0.1, 0.15) is 11.7 Å². The predicted octanol–water partition coefficient (Wildman–Crippen LogP) is -0.228. The summed E-state index contributed by atoms with van der Waals surface area (Å²) in [6.45, 7) is 3.30. The molecule has 4 heteroatoms. The highest BCUT2D eigenvalue weighted by Crippen LogP contribution is 2.39. The molecule has 70 valence electrons. The Morgan fingerprint density at radius 1 is 1.75 bits per heavy atom. The molecule has 12 heavy (non-hydrogen) atoms. The van der Waals surface area contributed by atoms with Crippen LogP contribution in [0.4, 0.5) is 0 Å². The van der Waals surface area contributed by atoms with Gasteiger partial charge in [-0.2, -0.15) is 5.06 Å². The Balaban J connectivity index is 2.18. The van der Waals surface area contributed by atoms with E-state index in [0.29, 0.717) is 13.2 Å². The minimum absolute atomic E-state index is 0.0370. The second-order valence-electron chi connectivity index (χ2n) is 3.50. The molecule has 2 saturated heterocycles. The van der Waals surface area contributed by atoms with Gasteiger partial charge in [0, 0.05) is 0 Å². The number of rotatable bonds is 2. The number of hydrogen-bond donors (Lipinski definition) is 1. The van der Waals surface area contributed by atoms with Crippen molar-refractivity contribution in [2.24, 2.45) is 0 Å². The van der Waals surface area contributed by atoms with Gasteiger partial charge in [-0.15, -0.1) is 0 Å². The summed E-state index contributed by atoms with van der Waals surface area (Å²) in [5.41, 5.74) is -0.360. The molecule has 2 heterocycles. The summed E-state index contributed by atoms with van der Waals surface area (Å²) in [5, 5.41) is 11.7. The molecule has 2 bridgehead atoms. The van der Waals surface area contributed by atoms with Gasteiger partial charge in [-0.05, 0) is 6.42 Å². The van der Waals surface area contributed by atoms with Gasteiger partial charge in [-0.1, -0.05) is 6.92 Å². The lowest BCUT2D eigenvalue weighted by Crippen LogP contribution is -2.42. The van der Waals surface area contributed by atoms with Gasteiger partial charge in [0.15, 0.2) is 0 Å². The Hall–Kier alpha value is -0.160. The van der Waals surface area contributed by atoms with Crippen molar-refractivity contribution < 1.29 is 14.7 Å². The normalized spacial score (nSPS) is 47.2. The van der Waals surface area contributed by atoms with E-state index in [2.05, 4.69) is 0 Å². The van der Waals surface area contributed by atoms with Gasteiger partial charge in [0.25, 0.3) is 0 Å². The molecular weight excluding hydrogens is 158 g/mol. The Bertz CT molecular complexity index is 187. The zero-order valence-corrected chi connectivity index (χ0v) is 7.49. The predicted molar refractivity (Wildman–Crippen MR) is 42.5 cm³/mol. The van der Waals surface area contributed by atoms with Crippen LogP contribution >= 0.6 is 0 Å². The van der Waals surface area contributed by atoms with E-state index in [-0.39, 0.29) is 17.7 Å². The van der Waals surface area contributed by atoms with Crippen molar-refractivity contribution >= 4 is 0 Å². The molecule has 2 aliphatic heterocycles. The van der Waals surface area contributed by atoms with Crippen molar-refractivity contribution in [2.45, 2.75) is 31.1 Å².